The molecule has 0 aromatic carbocycles. The largest absolute Gasteiger partial charge is 0.314 e. The summed E-state index contributed by atoms with van der Waals surface area (Å²) in [6, 6.07) is 1.72. The Balaban J connectivity index is 1.73. The van der Waals surface area contributed by atoms with Crippen LogP contribution in [0.2, 0.25) is 0 Å². The second-order valence-corrected chi connectivity index (χ2v) is 5.66. The molecule has 0 bridgehead atoms. The maximum atomic E-state index is 3.70. The zero-order valence-electron chi connectivity index (χ0n) is 11.0. The molecule has 2 fully saturated rings. The predicted octanol–water partition coefficient (Wildman–Crippen LogP) is 2.64. The first kappa shape index (κ1) is 12.4. The van der Waals surface area contributed by atoms with Crippen molar-refractivity contribution in [2.75, 3.05) is 19.6 Å². The average molecular weight is 224 g/mol. The van der Waals surface area contributed by atoms with Crippen LogP contribution in [0.4, 0.5) is 0 Å². The Morgan fingerprint density at radius 1 is 1.19 bits per heavy atom. The molecule has 0 amide bonds. The maximum absolute atomic E-state index is 3.70. The lowest BCUT2D eigenvalue weighted by Crippen LogP contribution is -2.44. The molecular weight excluding hydrogens is 196 g/mol. The molecule has 0 spiro atoms. The summed E-state index contributed by atoms with van der Waals surface area (Å²) in [5.41, 5.74) is 0. The van der Waals surface area contributed by atoms with E-state index >= 15 is 0 Å². The summed E-state index contributed by atoms with van der Waals surface area (Å²) in [7, 11) is 0. The summed E-state index contributed by atoms with van der Waals surface area (Å²) in [6.07, 6.45) is 8.33. The van der Waals surface area contributed by atoms with E-state index in [1.165, 1.54) is 58.2 Å². The molecule has 2 nitrogen and oxygen atoms in total. The van der Waals surface area contributed by atoms with E-state index in [1.54, 1.807) is 0 Å². The smallest absolute Gasteiger partial charge is 0.00901 e. The van der Waals surface area contributed by atoms with Crippen LogP contribution in [0.1, 0.15) is 52.4 Å². The first-order chi connectivity index (χ1) is 7.83. The van der Waals surface area contributed by atoms with Crippen LogP contribution >= 0.6 is 0 Å². The quantitative estimate of drug-likeness (QED) is 0.746. The summed E-state index contributed by atoms with van der Waals surface area (Å²) in [4.78, 5) is 2.74. The first-order valence-electron chi connectivity index (χ1n) is 7.30. The van der Waals surface area contributed by atoms with Gasteiger partial charge in [0.2, 0.25) is 0 Å². The zero-order valence-corrected chi connectivity index (χ0v) is 11.0. The van der Waals surface area contributed by atoms with Crippen molar-refractivity contribution in [3.63, 3.8) is 0 Å². The summed E-state index contributed by atoms with van der Waals surface area (Å²) in [5.74, 6) is 0.912. The van der Waals surface area contributed by atoms with E-state index in [0.29, 0.717) is 0 Å². The summed E-state index contributed by atoms with van der Waals surface area (Å²) < 4.78 is 0. The lowest BCUT2D eigenvalue weighted by molar-refractivity contribution is 0.116. The van der Waals surface area contributed by atoms with E-state index in [-0.39, 0.29) is 0 Å². The number of nitrogens with zero attached hydrogens (tertiary/aromatic N) is 1. The van der Waals surface area contributed by atoms with Gasteiger partial charge in [-0.05, 0) is 57.5 Å². The molecule has 0 aromatic rings. The number of nitrogens with one attached hydrogen (secondary N) is 1. The van der Waals surface area contributed by atoms with Gasteiger partial charge >= 0.3 is 0 Å². The Hall–Kier alpha value is -0.0800. The van der Waals surface area contributed by atoms with Crippen LogP contribution in [-0.2, 0) is 0 Å². The van der Waals surface area contributed by atoms with E-state index in [4.69, 9.17) is 0 Å². The molecule has 0 aromatic heterocycles. The fourth-order valence-corrected chi connectivity index (χ4v) is 3.02. The molecule has 1 heterocycles. The van der Waals surface area contributed by atoms with Gasteiger partial charge in [-0.2, -0.15) is 0 Å². The van der Waals surface area contributed by atoms with Gasteiger partial charge in [0.25, 0.3) is 0 Å². The molecule has 1 N–H and O–H groups in total. The van der Waals surface area contributed by atoms with Crippen LogP contribution < -0.4 is 5.32 Å². The Bertz CT molecular complexity index is 197. The minimum Gasteiger partial charge on any atom is -0.314 e. The second-order valence-electron chi connectivity index (χ2n) is 5.66. The fraction of sp³-hybridized carbons (Fsp3) is 1.00. The van der Waals surface area contributed by atoms with Gasteiger partial charge < -0.3 is 10.2 Å². The number of hydrogen-bond acceptors (Lipinski definition) is 2. The van der Waals surface area contributed by atoms with Crippen LogP contribution in [-0.4, -0.2) is 36.6 Å². The third kappa shape index (κ3) is 3.46. The van der Waals surface area contributed by atoms with Crippen LogP contribution in [0.15, 0.2) is 0 Å². The van der Waals surface area contributed by atoms with E-state index in [2.05, 4.69) is 24.1 Å². The van der Waals surface area contributed by atoms with Crippen LogP contribution in [0.25, 0.3) is 0 Å². The van der Waals surface area contributed by atoms with Gasteiger partial charge in [-0.15, -0.1) is 0 Å². The fourth-order valence-electron chi connectivity index (χ4n) is 3.02. The minimum atomic E-state index is 0.837. The maximum Gasteiger partial charge on any atom is 0.00901 e. The molecule has 1 saturated carbocycles. The molecule has 2 rings (SSSR count). The van der Waals surface area contributed by atoms with Crippen molar-refractivity contribution in [3.8, 4) is 0 Å². The van der Waals surface area contributed by atoms with Crippen molar-refractivity contribution in [2.45, 2.75) is 64.5 Å². The highest BCUT2D eigenvalue weighted by Crippen LogP contribution is 2.23. The van der Waals surface area contributed by atoms with Gasteiger partial charge in [-0.1, -0.05) is 13.8 Å². The molecule has 2 heteroatoms. The van der Waals surface area contributed by atoms with E-state index < -0.39 is 0 Å². The van der Waals surface area contributed by atoms with Gasteiger partial charge in [-0.3, -0.25) is 0 Å². The van der Waals surface area contributed by atoms with Crippen LogP contribution in [0, 0.1) is 5.92 Å². The zero-order chi connectivity index (χ0) is 11.4. The summed E-state index contributed by atoms with van der Waals surface area (Å²) in [6.45, 7) is 8.61. The molecule has 1 atom stereocenters. The molecule has 1 unspecified atom stereocenters. The average Bonchev–Trinajstić information content (AvgIpc) is 3.13. The highest BCUT2D eigenvalue weighted by atomic mass is 15.2. The SMILES string of the molecule is CCC(CC)N1CCCC(CNC2CC2)C1. The minimum absolute atomic E-state index is 0.837. The monoisotopic (exact) mass is 224 g/mol. The molecule has 94 valence electrons. The number of piperidine rings is 1. The highest BCUT2D eigenvalue weighted by molar-refractivity contribution is 4.84. The van der Waals surface area contributed by atoms with Gasteiger partial charge in [0.05, 0.1) is 0 Å². The third-order valence-corrected chi connectivity index (χ3v) is 4.28. The van der Waals surface area contributed by atoms with Crippen molar-refractivity contribution < 1.29 is 0 Å². The Labute approximate surface area is 101 Å². The Morgan fingerprint density at radius 3 is 2.56 bits per heavy atom. The molecule has 1 aliphatic carbocycles. The molecule has 2 aliphatic rings. The summed E-state index contributed by atoms with van der Waals surface area (Å²) >= 11 is 0. The van der Waals surface area contributed by atoms with Crippen molar-refractivity contribution in [3.05, 3.63) is 0 Å². The van der Waals surface area contributed by atoms with E-state index in [9.17, 15) is 0 Å². The lowest BCUT2D eigenvalue weighted by atomic mass is 9.95. The van der Waals surface area contributed by atoms with Crippen LogP contribution in [0.3, 0.4) is 0 Å². The number of likely N-dealkylation sites (tertiary alicyclic amines) is 1. The second kappa shape index (κ2) is 6.02. The van der Waals surface area contributed by atoms with Gasteiger partial charge in [0.15, 0.2) is 0 Å². The third-order valence-electron chi connectivity index (χ3n) is 4.28. The van der Waals surface area contributed by atoms with Crippen molar-refractivity contribution >= 4 is 0 Å². The topological polar surface area (TPSA) is 15.3 Å². The van der Waals surface area contributed by atoms with E-state index in [1.807, 2.05) is 0 Å². The molecular formula is C14H28N2. The standard InChI is InChI=1S/C14H28N2/c1-3-14(4-2)16-9-5-6-12(11-16)10-15-13-7-8-13/h12-15H,3-11H2,1-2H3. The highest BCUT2D eigenvalue weighted by Gasteiger charge is 2.26. The molecule has 1 saturated heterocycles. The lowest BCUT2D eigenvalue weighted by Gasteiger charge is -2.38. The normalized spacial score (nSPS) is 27.6. The Morgan fingerprint density at radius 2 is 1.94 bits per heavy atom. The molecule has 0 radical (unpaired) electrons. The van der Waals surface area contributed by atoms with Gasteiger partial charge in [0.1, 0.15) is 0 Å². The van der Waals surface area contributed by atoms with Crippen LogP contribution in [0.5, 0.6) is 0 Å². The predicted molar refractivity (Wildman–Crippen MR) is 69.7 cm³/mol. The number of hydrogen-bond donors (Lipinski definition) is 1. The van der Waals surface area contributed by atoms with Crippen molar-refractivity contribution in [1.29, 1.82) is 0 Å². The number of rotatable bonds is 6. The van der Waals surface area contributed by atoms with Crippen molar-refractivity contribution in [1.82, 2.24) is 10.2 Å². The molecule has 1 aliphatic heterocycles. The summed E-state index contributed by atoms with van der Waals surface area (Å²) in [5, 5.41) is 3.70. The molecule has 16 heavy (non-hydrogen) atoms. The Kier molecular flexibility index (Phi) is 4.66. The van der Waals surface area contributed by atoms with Crippen molar-refractivity contribution in [2.24, 2.45) is 5.92 Å². The van der Waals surface area contributed by atoms with Gasteiger partial charge in [0, 0.05) is 18.6 Å². The van der Waals surface area contributed by atoms with E-state index in [0.717, 1.165) is 18.0 Å². The first-order valence-corrected chi connectivity index (χ1v) is 7.30. The van der Waals surface area contributed by atoms with Gasteiger partial charge in [-0.25, -0.2) is 0 Å².